The van der Waals surface area contributed by atoms with Crippen molar-refractivity contribution in [2.24, 2.45) is 17.3 Å². The minimum absolute atomic E-state index is 0.236. The smallest absolute Gasteiger partial charge is 0.225 e. The number of hydrogen-bond acceptors (Lipinski definition) is 2. The lowest BCUT2D eigenvalue weighted by molar-refractivity contribution is -0.132. The van der Waals surface area contributed by atoms with Crippen LogP contribution < -0.4 is 0 Å². The van der Waals surface area contributed by atoms with E-state index in [1.807, 2.05) is 11.9 Å². The summed E-state index contributed by atoms with van der Waals surface area (Å²) in [4.78, 5) is 16.9. The van der Waals surface area contributed by atoms with Crippen LogP contribution in [0.2, 0.25) is 0 Å². The first-order valence-electron chi connectivity index (χ1n) is 8.47. The first-order valence-corrected chi connectivity index (χ1v) is 8.47. The molecule has 1 aliphatic heterocycles. The molecule has 22 heavy (non-hydrogen) atoms. The van der Waals surface area contributed by atoms with Gasteiger partial charge in [-0.15, -0.1) is 0 Å². The third-order valence-electron chi connectivity index (χ3n) is 5.34. The van der Waals surface area contributed by atoms with Crippen molar-refractivity contribution in [2.75, 3.05) is 26.7 Å². The zero-order valence-corrected chi connectivity index (χ0v) is 14.1. The third-order valence-corrected chi connectivity index (χ3v) is 5.34. The molecule has 0 N–H and O–H groups in total. The van der Waals surface area contributed by atoms with Crippen LogP contribution in [0, 0.1) is 17.3 Å². The van der Waals surface area contributed by atoms with Crippen LogP contribution in [0.5, 0.6) is 0 Å². The Hall–Kier alpha value is -1.35. The zero-order chi connectivity index (χ0) is 15.7. The Morgan fingerprint density at radius 1 is 1.32 bits per heavy atom. The van der Waals surface area contributed by atoms with E-state index in [4.69, 9.17) is 0 Å². The molecule has 2 atom stereocenters. The molecule has 0 aromatic heterocycles. The summed E-state index contributed by atoms with van der Waals surface area (Å²) >= 11 is 0. The van der Waals surface area contributed by atoms with Gasteiger partial charge < -0.3 is 4.90 Å². The second-order valence-electron chi connectivity index (χ2n) is 7.84. The topological polar surface area (TPSA) is 23.6 Å². The molecule has 1 saturated carbocycles. The van der Waals surface area contributed by atoms with E-state index in [1.54, 1.807) is 0 Å². The summed E-state index contributed by atoms with van der Waals surface area (Å²) in [7, 11) is 1.98. The monoisotopic (exact) mass is 300 g/mol. The molecule has 2 aliphatic rings. The first-order chi connectivity index (χ1) is 10.5. The predicted octanol–water partition coefficient (Wildman–Crippen LogP) is 3.01. The molecule has 1 aromatic carbocycles. The van der Waals surface area contributed by atoms with Gasteiger partial charge in [0, 0.05) is 32.6 Å². The summed E-state index contributed by atoms with van der Waals surface area (Å²) in [5.74, 6) is 1.24. The maximum atomic E-state index is 12.4. The standard InChI is InChI=1S/C19H28N2O/c1-19(2)11-17(19)18(22)20(3)12-16-9-10-21(14-16)13-15-7-5-4-6-8-15/h4-8,16-17H,9-14H2,1-3H3/t16-,17-/m0/s1. The Morgan fingerprint density at radius 3 is 2.64 bits per heavy atom. The summed E-state index contributed by atoms with van der Waals surface area (Å²) in [6, 6.07) is 10.7. The number of amides is 1. The van der Waals surface area contributed by atoms with Crippen molar-refractivity contribution < 1.29 is 4.79 Å². The van der Waals surface area contributed by atoms with Crippen LogP contribution in [0.3, 0.4) is 0 Å². The van der Waals surface area contributed by atoms with Crippen LogP contribution in [-0.4, -0.2) is 42.4 Å². The van der Waals surface area contributed by atoms with Gasteiger partial charge >= 0.3 is 0 Å². The van der Waals surface area contributed by atoms with Crippen molar-refractivity contribution in [3.63, 3.8) is 0 Å². The normalized spacial score (nSPS) is 26.9. The average Bonchev–Trinajstić information content (AvgIpc) is 2.91. The van der Waals surface area contributed by atoms with Crippen molar-refractivity contribution >= 4 is 5.91 Å². The van der Waals surface area contributed by atoms with Crippen molar-refractivity contribution in [3.8, 4) is 0 Å². The highest BCUT2D eigenvalue weighted by Crippen LogP contribution is 2.52. The second-order valence-corrected chi connectivity index (χ2v) is 7.84. The zero-order valence-electron chi connectivity index (χ0n) is 14.1. The van der Waals surface area contributed by atoms with Gasteiger partial charge in [-0.2, -0.15) is 0 Å². The molecule has 3 heteroatoms. The highest BCUT2D eigenvalue weighted by atomic mass is 16.2. The van der Waals surface area contributed by atoms with Gasteiger partial charge in [-0.05, 0) is 36.3 Å². The molecule has 3 rings (SSSR count). The van der Waals surface area contributed by atoms with E-state index in [0.717, 1.165) is 32.6 Å². The largest absolute Gasteiger partial charge is 0.345 e. The van der Waals surface area contributed by atoms with Gasteiger partial charge in [-0.25, -0.2) is 0 Å². The van der Waals surface area contributed by atoms with Gasteiger partial charge in [0.25, 0.3) is 0 Å². The molecule has 1 saturated heterocycles. The Kier molecular flexibility index (Phi) is 4.26. The summed E-state index contributed by atoms with van der Waals surface area (Å²) in [5.41, 5.74) is 1.62. The van der Waals surface area contributed by atoms with E-state index in [2.05, 4.69) is 49.1 Å². The highest BCUT2D eigenvalue weighted by Gasteiger charge is 2.51. The van der Waals surface area contributed by atoms with E-state index in [9.17, 15) is 4.79 Å². The minimum Gasteiger partial charge on any atom is -0.345 e. The van der Waals surface area contributed by atoms with Gasteiger partial charge in [-0.1, -0.05) is 44.2 Å². The maximum absolute atomic E-state index is 12.4. The van der Waals surface area contributed by atoms with Crippen LogP contribution in [0.1, 0.15) is 32.3 Å². The van der Waals surface area contributed by atoms with Crippen molar-refractivity contribution in [3.05, 3.63) is 35.9 Å². The van der Waals surface area contributed by atoms with Crippen LogP contribution in [0.25, 0.3) is 0 Å². The lowest BCUT2D eigenvalue weighted by atomic mass is 10.1. The average molecular weight is 300 g/mol. The molecular formula is C19H28N2O. The molecule has 1 heterocycles. The Labute approximate surface area is 134 Å². The van der Waals surface area contributed by atoms with Gasteiger partial charge in [-0.3, -0.25) is 9.69 Å². The van der Waals surface area contributed by atoms with Crippen LogP contribution in [-0.2, 0) is 11.3 Å². The summed E-state index contributed by atoms with van der Waals surface area (Å²) < 4.78 is 0. The van der Waals surface area contributed by atoms with Gasteiger partial charge in [0.1, 0.15) is 0 Å². The lowest BCUT2D eigenvalue weighted by Crippen LogP contribution is -2.34. The van der Waals surface area contributed by atoms with Gasteiger partial charge in [0.15, 0.2) is 0 Å². The number of likely N-dealkylation sites (tertiary alicyclic amines) is 1. The summed E-state index contributed by atoms with van der Waals surface area (Å²) in [6.45, 7) is 8.60. The molecule has 3 nitrogen and oxygen atoms in total. The molecule has 1 aromatic rings. The van der Waals surface area contributed by atoms with E-state index in [0.29, 0.717) is 11.8 Å². The van der Waals surface area contributed by atoms with E-state index in [1.165, 1.54) is 12.0 Å². The molecular weight excluding hydrogens is 272 g/mol. The van der Waals surface area contributed by atoms with E-state index >= 15 is 0 Å². The quantitative estimate of drug-likeness (QED) is 0.834. The fraction of sp³-hybridized carbons (Fsp3) is 0.632. The number of benzene rings is 1. The number of carbonyl (C=O) groups excluding carboxylic acids is 1. The molecule has 1 aliphatic carbocycles. The Bertz CT molecular complexity index is 525. The van der Waals surface area contributed by atoms with Crippen LogP contribution >= 0.6 is 0 Å². The number of nitrogens with zero attached hydrogens (tertiary/aromatic N) is 2. The number of carbonyl (C=O) groups is 1. The molecule has 2 fully saturated rings. The van der Waals surface area contributed by atoms with Gasteiger partial charge in [0.05, 0.1) is 0 Å². The third kappa shape index (κ3) is 3.52. The van der Waals surface area contributed by atoms with Crippen molar-refractivity contribution in [1.82, 2.24) is 9.80 Å². The molecule has 120 valence electrons. The van der Waals surface area contributed by atoms with Crippen molar-refractivity contribution in [2.45, 2.75) is 33.2 Å². The molecule has 0 unspecified atom stereocenters. The van der Waals surface area contributed by atoms with Gasteiger partial charge in [0.2, 0.25) is 5.91 Å². The summed E-state index contributed by atoms with van der Waals surface area (Å²) in [5, 5.41) is 0. The number of hydrogen-bond donors (Lipinski definition) is 0. The first kappa shape index (κ1) is 15.5. The fourth-order valence-electron chi connectivity index (χ4n) is 3.68. The number of rotatable bonds is 5. The SMILES string of the molecule is CN(C[C@@H]1CCN(Cc2ccccc2)C1)C(=O)[C@@H]1CC1(C)C. The maximum Gasteiger partial charge on any atom is 0.225 e. The van der Waals surface area contributed by atoms with Crippen LogP contribution in [0.4, 0.5) is 0 Å². The Balaban J connectivity index is 1.46. The molecule has 0 bridgehead atoms. The summed E-state index contributed by atoms with van der Waals surface area (Å²) in [6.07, 6.45) is 2.26. The molecule has 0 radical (unpaired) electrons. The minimum atomic E-state index is 0.236. The second kappa shape index (κ2) is 6.04. The molecule has 1 amide bonds. The lowest BCUT2D eigenvalue weighted by Gasteiger charge is -2.22. The fourth-order valence-corrected chi connectivity index (χ4v) is 3.68. The highest BCUT2D eigenvalue weighted by molar-refractivity contribution is 5.82. The van der Waals surface area contributed by atoms with E-state index < -0.39 is 0 Å². The Morgan fingerprint density at radius 2 is 2.00 bits per heavy atom. The predicted molar refractivity (Wildman–Crippen MR) is 89.4 cm³/mol. The van der Waals surface area contributed by atoms with E-state index in [-0.39, 0.29) is 11.3 Å². The van der Waals surface area contributed by atoms with Crippen LogP contribution in [0.15, 0.2) is 30.3 Å². The van der Waals surface area contributed by atoms with Crippen molar-refractivity contribution in [1.29, 1.82) is 0 Å². The molecule has 0 spiro atoms.